The third-order valence-electron chi connectivity index (χ3n) is 16.6. The zero-order valence-corrected chi connectivity index (χ0v) is 66.7. The second kappa shape index (κ2) is 38.1. The van der Waals surface area contributed by atoms with Crippen molar-refractivity contribution in [2.24, 2.45) is 30.6 Å². The van der Waals surface area contributed by atoms with E-state index in [1.165, 1.54) is 123 Å². The van der Waals surface area contributed by atoms with E-state index in [2.05, 4.69) is 55.8 Å². The molecule has 0 saturated heterocycles. The molecule has 114 heavy (non-hydrogen) atoms. The topological polar surface area (TPSA) is 423 Å². The van der Waals surface area contributed by atoms with Gasteiger partial charge in [0.15, 0.2) is 15.7 Å². The Bertz CT molecular complexity index is 5790. The third kappa shape index (κ3) is 23.3. The van der Waals surface area contributed by atoms with E-state index >= 15 is 0 Å². The van der Waals surface area contributed by atoms with E-state index < -0.39 is 29.5 Å². The highest BCUT2D eigenvalue weighted by Crippen LogP contribution is 2.37. The molecule has 36 heteroatoms. The first kappa shape index (κ1) is 84.0. The fourth-order valence-electron chi connectivity index (χ4n) is 11.0. The summed E-state index contributed by atoms with van der Waals surface area (Å²) in [6, 6.07) is 46.6. The predicted molar refractivity (Wildman–Crippen MR) is 451 cm³/mol. The molecule has 0 atom stereocenters. The zero-order chi connectivity index (χ0) is 82.1. The van der Waals surface area contributed by atoms with Crippen LogP contribution >= 0.6 is 47.0 Å². The molecule has 0 saturated carbocycles. The van der Waals surface area contributed by atoms with Crippen LogP contribution in [0, 0.1) is 40.5 Å². The number of hydrogen-bond acceptors (Lipinski definition) is 30. The number of aromatic nitrogens is 5. The van der Waals surface area contributed by atoms with Gasteiger partial charge in [0, 0.05) is 148 Å². The Hall–Kier alpha value is -12.5. The van der Waals surface area contributed by atoms with Crippen molar-refractivity contribution in [2.75, 3.05) is 67.3 Å². The number of benzene rings is 8. The number of nitrogens with zero attached hydrogens (tertiary/aromatic N) is 16. The molecule has 582 valence electrons. The van der Waals surface area contributed by atoms with E-state index in [4.69, 9.17) is 0 Å². The highest BCUT2D eigenvalue weighted by molar-refractivity contribution is 8.15. The lowest BCUT2D eigenvalue weighted by molar-refractivity contribution is -0.385. The van der Waals surface area contributed by atoms with Gasteiger partial charge in [-0.05, 0) is 145 Å². The van der Waals surface area contributed by atoms with Crippen LogP contribution in [0.2, 0.25) is 0 Å². The highest BCUT2D eigenvalue weighted by atomic mass is 32.2. The first-order chi connectivity index (χ1) is 54.3. The minimum atomic E-state index is -3.41. The van der Waals surface area contributed by atoms with Crippen LogP contribution in [0.5, 0.6) is 0 Å². The quantitative estimate of drug-likeness (QED) is 0.0333. The maximum Gasteiger partial charge on any atom is 0.270 e. The molecule has 31 nitrogen and oxygen atoms in total. The first-order valence-corrected chi connectivity index (χ1v) is 40.2. The first-order valence-electron chi connectivity index (χ1n) is 34.4. The summed E-state index contributed by atoms with van der Waals surface area (Å²) < 4.78 is 23.7. The van der Waals surface area contributed by atoms with Crippen LogP contribution in [0.3, 0.4) is 0 Å². The summed E-state index contributed by atoms with van der Waals surface area (Å²) in [6.45, 7) is 6.03. The Morgan fingerprint density at radius 2 is 0.772 bits per heavy atom. The van der Waals surface area contributed by atoms with Gasteiger partial charge in [-0.3, -0.25) is 74.7 Å². The molecule has 8 aromatic carbocycles. The molecule has 0 amide bonds. The fourth-order valence-corrected chi connectivity index (χ4v) is 14.4. The van der Waals surface area contributed by atoms with Crippen molar-refractivity contribution in [3.8, 4) is 55.9 Å². The minimum Gasteiger partial charge on any atom is -0.378 e. The molecule has 0 radical (unpaired) electrons. The monoisotopic (exact) mass is 1630 g/mol. The molecule has 2 aromatic heterocycles. The van der Waals surface area contributed by atoms with Gasteiger partial charge in [0.1, 0.15) is 38.3 Å². The Morgan fingerprint density at radius 1 is 0.404 bits per heavy atom. The van der Waals surface area contributed by atoms with Crippen LogP contribution in [0.15, 0.2) is 217 Å². The van der Waals surface area contributed by atoms with Crippen LogP contribution in [0.25, 0.3) is 66.9 Å². The smallest absolute Gasteiger partial charge is 0.270 e. The lowest BCUT2D eigenvalue weighted by atomic mass is 9.98. The van der Waals surface area contributed by atoms with Gasteiger partial charge in [-0.25, -0.2) is 13.4 Å². The van der Waals surface area contributed by atoms with Crippen molar-refractivity contribution in [2.45, 2.75) is 57.0 Å². The molecule has 3 aliphatic heterocycles. The van der Waals surface area contributed by atoms with Gasteiger partial charge in [-0.15, -0.1) is 55.7 Å². The number of non-ortho nitro benzene ring substituents is 4. The molecule has 0 unspecified atom stereocenters. The maximum absolute atomic E-state index is 11.8. The molecule has 0 bridgehead atoms. The van der Waals surface area contributed by atoms with Gasteiger partial charge in [0.25, 0.3) is 22.7 Å². The lowest BCUT2D eigenvalue weighted by Gasteiger charge is -2.14. The van der Waals surface area contributed by atoms with Crippen molar-refractivity contribution in [3.05, 3.63) is 233 Å². The number of fused-ring (bicyclic) bond motifs is 1. The number of carbonyl (C=O) groups is 4. The molecule has 0 fully saturated rings. The van der Waals surface area contributed by atoms with E-state index in [0.717, 1.165) is 61.1 Å². The summed E-state index contributed by atoms with van der Waals surface area (Å²) in [4.78, 5) is 106. The predicted octanol–water partition coefficient (Wildman–Crippen LogP) is 15.5. The summed E-state index contributed by atoms with van der Waals surface area (Å²) in [6.07, 6.45) is 5.63. The van der Waals surface area contributed by atoms with Gasteiger partial charge in [0.05, 0.1) is 75.8 Å². The van der Waals surface area contributed by atoms with E-state index in [-0.39, 0.29) is 56.5 Å². The van der Waals surface area contributed by atoms with Gasteiger partial charge >= 0.3 is 0 Å². The Balaban J connectivity index is 0.000000161. The van der Waals surface area contributed by atoms with Gasteiger partial charge < -0.3 is 9.80 Å². The normalized spacial score (nSPS) is 12.7. The number of anilines is 2. The second-order valence-electron chi connectivity index (χ2n) is 26.1. The molecule has 0 spiro atoms. The molecule has 0 aliphatic carbocycles. The van der Waals surface area contributed by atoms with Crippen molar-refractivity contribution in [3.63, 3.8) is 0 Å². The van der Waals surface area contributed by atoms with E-state index in [9.17, 15) is 68.1 Å². The maximum atomic E-state index is 11.8. The van der Waals surface area contributed by atoms with Crippen LogP contribution in [0.4, 0.5) is 34.1 Å². The Kier molecular flexibility index (Phi) is 28.1. The average Bonchev–Trinajstić information content (AvgIpc) is 1.31. The van der Waals surface area contributed by atoms with Crippen molar-refractivity contribution < 1.29 is 47.3 Å². The molecule has 1 N–H and O–H groups in total. The number of nitrogens with one attached hydrogen (secondary N) is 1. The average molecular weight is 1630 g/mol. The second-order valence-corrected chi connectivity index (χ2v) is 32.2. The molecule has 3 aliphatic rings. The molecule has 10 aromatic rings. The number of ketones is 4. The third-order valence-corrected chi connectivity index (χ3v) is 22.0. The van der Waals surface area contributed by atoms with Gasteiger partial charge in [-0.1, -0.05) is 54.2 Å². The number of thioether (sulfide) groups is 4. The number of nitro groups is 4. The fraction of sp³-hybridized carbons (Fsp3) is 0.205. The van der Waals surface area contributed by atoms with Crippen LogP contribution in [0.1, 0.15) is 63.6 Å². The number of sulfone groups is 1. The Labute approximate surface area is 669 Å². The lowest BCUT2D eigenvalue weighted by Crippen LogP contribution is -2.08. The van der Waals surface area contributed by atoms with E-state index in [0.29, 0.717) is 114 Å². The van der Waals surface area contributed by atoms with Crippen LogP contribution < -0.4 is 9.80 Å². The summed E-state index contributed by atoms with van der Waals surface area (Å²) >= 11 is 5.20. The summed E-state index contributed by atoms with van der Waals surface area (Å²) in [7, 11) is 4.40. The standard InChI is InChI=1S/2C20H20N4O3S.C19H14N6O3S.C19H17N3O5S2/c1-13(25)12-28-20-11-19(21-22-20)16-8-15(9-18(10-16)24(26)27)14-4-6-17(7-5-14)23(2)3;1-13(25)12-28-20-11-19(21-22-20)16-7-15(9-18(10-16)24(26)27)14-5-4-6-17(8-14)23(2)3;1-11(26)10-29-19-22-18(23-24-19)14-6-13(7-15(8-14)25(27)28)12-2-3-16-17(9-12)21-5-4-20-16;1-12(23)11-28-19-10-18(20-21-19)15-6-14(7-16(8-15)22(24)25)13-4-3-5-17(9-13)29(2,26)27/h2*4-10H,11-12H2,1-3H3;2-9H,10H2,1H3,(H,22,23,24);3-9H,10-11H2,1-2H3. The largest absolute Gasteiger partial charge is 0.378 e. The number of hydrogen-bond donors (Lipinski definition) is 1. The SMILES string of the molecule is CC(=O)CSC1=NN=C(c2cc(-c3ccc(N(C)C)cc3)cc([N+](=O)[O-])c2)C1.CC(=O)CSC1=NN=C(c2cc(-c3cccc(N(C)C)c3)cc([N+](=O)[O-])c2)C1.CC(=O)CSC1=NN=C(c2cc(-c3cccc(S(C)(=O)=O)c3)cc([N+](=O)[O-])c2)C1.CC(=O)CSc1n[nH]c(-c2cc(-c3ccc4nccnc4c3)cc([N+](=O)[O-])c2)n1. The molecular weight excluding hydrogens is 1560 g/mol. The number of rotatable bonds is 24. The number of nitro benzene ring substituents is 4. The van der Waals surface area contributed by atoms with Crippen molar-refractivity contribution in [1.29, 1.82) is 0 Å². The Morgan fingerprint density at radius 3 is 1.19 bits per heavy atom. The summed E-state index contributed by atoms with van der Waals surface area (Å²) in [5.74, 6) is 1.81. The number of Topliss-reactive ketones (excluding diaryl/α,β-unsaturated/α-hetero) is 4. The summed E-state index contributed by atoms with van der Waals surface area (Å²) in [5, 5.41) is 79.9. The minimum absolute atomic E-state index is 0.00953. The van der Waals surface area contributed by atoms with Crippen LogP contribution in [-0.4, -0.2) is 166 Å². The highest BCUT2D eigenvalue weighted by Gasteiger charge is 2.25. The number of aromatic amines is 1. The zero-order valence-electron chi connectivity index (χ0n) is 62.6. The number of H-pyrrole nitrogens is 1. The van der Waals surface area contributed by atoms with Crippen molar-refractivity contribution >= 4 is 157 Å². The van der Waals surface area contributed by atoms with Crippen molar-refractivity contribution in [1.82, 2.24) is 25.1 Å². The van der Waals surface area contributed by atoms with E-state index in [1.807, 2.05) is 117 Å². The van der Waals surface area contributed by atoms with Gasteiger partial charge in [0.2, 0.25) is 5.16 Å². The molecule has 5 heterocycles. The molecular formula is C78H71N17O14S5. The van der Waals surface area contributed by atoms with Gasteiger partial charge in [-0.2, -0.15) is 15.3 Å². The summed E-state index contributed by atoms with van der Waals surface area (Å²) in [5.41, 5.74) is 13.4. The van der Waals surface area contributed by atoms with E-state index in [1.54, 1.807) is 48.8 Å². The van der Waals surface area contributed by atoms with Crippen LogP contribution in [-0.2, 0) is 29.0 Å². The molecule has 13 rings (SSSR count). The number of carbonyl (C=O) groups excluding carboxylic acids is 4.